The zero-order valence-electron chi connectivity index (χ0n) is 16.8. The molecule has 3 aliphatic heterocycles. The zero-order chi connectivity index (χ0) is 18.8. The zero-order valence-corrected chi connectivity index (χ0v) is 17.6. The summed E-state index contributed by atoms with van der Waals surface area (Å²) in [6, 6.07) is 1.23. The van der Waals surface area contributed by atoms with Gasteiger partial charge in [0.15, 0.2) is 0 Å². The minimum atomic E-state index is -3.08. The van der Waals surface area contributed by atoms with Gasteiger partial charge in [0.2, 0.25) is 10.0 Å². The Bertz CT molecular complexity index is 550. The van der Waals surface area contributed by atoms with Crippen molar-refractivity contribution in [3.05, 3.63) is 0 Å². The lowest BCUT2D eigenvalue weighted by Crippen LogP contribution is -2.58. The molecule has 0 bridgehead atoms. The summed E-state index contributed by atoms with van der Waals surface area (Å²) in [5.74, 6) is 0.267. The van der Waals surface area contributed by atoms with Crippen LogP contribution in [0.15, 0.2) is 0 Å². The van der Waals surface area contributed by atoms with Crippen LogP contribution < -0.4 is 0 Å². The van der Waals surface area contributed by atoms with E-state index in [1.165, 1.54) is 0 Å². The lowest BCUT2D eigenvalue weighted by atomic mass is 9.82. The molecule has 152 valence electrons. The highest BCUT2D eigenvalue weighted by Crippen LogP contribution is 2.37. The van der Waals surface area contributed by atoms with E-state index >= 15 is 0 Å². The summed E-state index contributed by atoms with van der Waals surface area (Å²) >= 11 is 0. The molecule has 0 N–H and O–H groups in total. The molecule has 6 nitrogen and oxygen atoms in total. The van der Waals surface area contributed by atoms with Gasteiger partial charge in [0, 0.05) is 58.0 Å². The van der Waals surface area contributed by atoms with E-state index < -0.39 is 10.0 Å². The highest BCUT2D eigenvalue weighted by atomic mass is 32.2. The lowest BCUT2D eigenvalue weighted by Gasteiger charge is -2.49. The molecule has 3 rings (SSSR count). The van der Waals surface area contributed by atoms with E-state index in [1.54, 1.807) is 4.31 Å². The number of sulfonamides is 1. The van der Waals surface area contributed by atoms with Gasteiger partial charge in [-0.1, -0.05) is 6.92 Å². The van der Waals surface area contributed by atoms with Crippen LogP contribution in [0, 0.1) is 0 Å². The number of nitrogens with zero attached hydrogens (tertiary/aromatic N) is 3. The second-order valence-corrected chi connectivity index (χ2v) is 10.6. The van der Waals surface area contributed by atoms with E-state index in [0.717, 1.165) is 58.5 Å². The average Bonchev–Trinajstić information content (AvgIpc) is 2.62. The van der Waals surface area contributed by atoms with E-state index in [1.807, 2.05) is 6.92 Å². The lowest BCUT2D eigenvalue weighted by molar-refractivity contribution is -0.130. The Morgan fingerprint density at radius 3 is 2.31 bits per heavy atom. The van der Waals surface area contributed by atoms with Gasteiger partial charge in [0.25, 0.3) is 0 Å². The van der Waals surface area contributed by atoms with Gasteiger partial charge in [-0.15, -0.1) is 0 Å². The molecule has 0 saturated carbocycles. The van der Waals surface area contributed by atoms with E-state index in [-0.39, 0.29) is 11.4 Å². The molecule has 3 aliphatic rings. The van der Waals surface area contributed by atoms with Crippen molar-refractivity contribution in [3.63, 3.8) is 0 Å². The van der Waals surface area contributed by atoms with Crippen LogP contribution in [0.2, 0.25) is 0 Å². The fourth-order valence-electron chi connectivity index (χ4n) is 4.84. The van der Waals surface area contributed by atoms with Crippen molar-refractivity contribution < 1.29 is 13.2 Å². The van der Waals surface area contributed by atoms with Crippen molar-refractivity contribution in [1.29, 1.82) is 0 Å². The summed E-state index contributed by atoms with van der Waals surface area (Å²) in [5, 5.41) is 0. The summed E-state index contributed by atoms with van der Waals surface area (Å²) in [4.78, 5) is 5.21. The van der Waals surface area contributed by atoms with Crippen molar-refractivity contribution >= 4 is 10.0 Å². The van der Waals surface area contributed by atoms with Crippen molar-refractivity contribution in [2.24, 2.45) is 0 Å². The standard InChI is InChI=1S/C19H37N3O3S/c1-4-15-26(23,24)22-8-6-19(7-9-22)16-18(5-14-25-19)21-12-10-20(11-13-21)17(2)3/h17-18H,4-16H2,1-3H3/t18-/m0/s1. The summed E-state index contributed by atoms with van der Waals surface area (Å²) in [5.41, 5.74) is -0.101. The van der Waals surface area contributed by atoms with Crippen LogP contribution in [-0.4, -0.2) is 91.8 Å². The average molecular weight is 388 g/mol. The third-order valence-corrected chi connectivity index (χ3v) is 8.63. The van der Waals surface area contributed by atoms with Crippen molar-refractivity contribution in [1.82, 2.24) is 14.1 Å². The Morgan fingerprint density at radius 2 is 1.73 bits per heavy atom. The van der Waals surface area contributed by atoms with Crippen LogP contribution in [0.1, 0.15) is 52.9 Å². The Balaban J connectivity index is 1.54. The van der Waals surface area contributed by atoms with E-state index in [4.69, 9.17) is 4.74 Å². The first-order valence-corrected chi connectivity index (χ1v) is 12.1. The van der Waals surface area contributed by atoms with Crippen LogP contribution in [-0.2, 0) is 14.8 Å². The van der Waals surface area contributed by atoms with Crippen molar-refractivity contribution in [2.75, 3.05) is 51.6 Å². The number of ether oxygens (including phenoxy) is 1. The SMILES string of the molecule is CCCS(=O)(=O)N1CCC2(CC1)C[C@@H](N1CCN(C(C)C)CC1)CCO2. The van der Waals surface area contributed by atoms with Gasteiger partial charge in [-0.3, -0.25) is 9.80 Å². The highest BCUT2D eigenvalue weighted by molar-refractivity contribution is 7.89. The van der Waals surface area contributed by atoms with Gasteiger partial charge < -0.3 is 4.74 Å². The maximum atomic E-state index is 12.3. The van der Waals surface area contributed by atoms with Crippen molar-refractivity contribution in [3.8, 4) is 0 Å². The molecule has 0 aliphatic carbocycles. The Morgan fingerprint density at radius 1 is 1.08 bits per heavy atom. The molecule has 1 atom stereocenters. The predicted molar refractivity (Wildman–Crippen MR) is 105 cm³/mol. The Labute approximate surface area is 159 Å². The molecule has 0 radical (unpaired) electrons. The van der Waals surface area contributed by atoms with Gasteiger partial charge in [0.05, 0.1) is 11.4 Å². The van der Waals surface area contributed by atoms with E-state index in [0.29, 0.717) is 31.6 Å². The monoisotopic (exact) mass is 387 g/mol. The molecule has 3 heterocycles. The number of piperazine rings is 1. The summed E-state index contributed by atoms with van der Waals surface area (Å²) in [6.07, 6.45) is 4.55. The first-order chi connectivity index (χ1) is 12.4. The summed E-state index contributed by atoms with van der Waals surface area (Å²) in [7, 11) is -3.08. The van der Waals surface area contributed by atoms with Gasteiger partial charge in [-0.2, -0.15) is 0 Å². The third kappa shape index (κ3) is 4.61. The smallest absolute Gasteiger partial charge is 0.214 e. The minimum absolute atomic E-state index is 0.101. The number of hydrogen-bond acceptors (Lipinski definition) is 5. The van der Waals surface area contributed by atoms with Crippen LogP contribution >= 0.6 is 0 Å². The van der Waals surface area contributed by atoms with Gasteiger partial charge in [-0.05, 0) is 46.0 Å². The molecular weight excluding hydrogens is 350 g/mol. The largest absolute Gasteiger partial charge is 0.375 e. The van der Waals surface area contributed by atoms with Crippen LogP contribution in [0.25, 0.3) is 0 Å². The molecular formula is C19H37N3O3S. The Hall–Kier alpha value is -0.210. The third-order valence-electron chi connectivity index (χ3n) is 6.55. The number of piperidine rings is 1. The first kappa shape index (κ1) is 20.5. The molecule has 3 saturated heterocycles. The molecule has 0 aromatic rings. The van der Waals surface area contributed by atoms with E-state index in [2.05, 4.69) is 23.6 Å². The summed E-state index contributed by atoms with van der Waals surface area (Å²) < 4.78 is 32.6. The number of rotatable bonds is 5. The topological polar surface area (TPSA) is 53.1 Å². The maximum absolute atomic E-state index is 12.3. The quantitative estimate of drug-likeness (QED) is 0.720. The summed E-state index contributed by atoms with van der Waals surface area (Å²) in [6.45, 7) is 13.2. The fraction of sp³-hybridized carbons (Fsp3) is 1.00. The fourth-order valence-corrected chi connectivity index (χ4v) is 6.35. The molecule has 26 heavy (non-hydrogen) atoms. The van der Waals surface area contributed by atoms with Crippen LogP contribution in [0.3, 0.4) is 0 Å². The molecule has 0 aromatic carbocycles. The van der Waals surface area contributed by atoms with Gasteiger partial charge in [-0.25, -0.2) is 12.7 Å². The maximum Gasteiger partial charge on any atom is 0.214 e. The Kier molecular flexibility index (Phi) is 6.66. The molecule has 0 unspecified atom stereocenters. The van der Waals surface area contributed by atoms with Crippen LogP contribution in [0.4, 0.5) is 0 Å². The normalized spacial score (nSPS) is 29.5. The predicted octanol–water partition coefficient (Wildman–Crippen LogP) is 1.77. The van der Waals surface area contributed by atoms with Gasteiger partial charge >= 0.3 is 0 Å². The molecule has 3 fully saturated rings. The van der Waals surface area contributed by atoms with Crippen LogP contribution in [0.5, 0.6) is 0 Å². The number of hydrogen-bond donors (Lipinski definition) is 0. The van der Waals surface area contributed by atoms with Gasteiger partial charge in [0.1, 0.15) is 0 Å². The second kappa shape index (κ2) is 8.43. The molecule has 0 aromatic heterocycles. The molecule has 1 spiro atoms. The molecule has 7 heteroatoms. The molecule has 0 amide bonds. The van der Waals surface area contributed by atoms with E-state index in [9.17, 15) is 8.42 Å². The highest BCUT2D eigenvalue weighted by Gasteiger charge is 2.43. The first-order valence-electron chi connectivity index (χ1n) is 10.5. The minimum Gasteiger partial charge on any atom is -0.375 e. The second-order valence-electron chi connectivity index (χ2n) is 8.56. The van der Waals surface area contributed by atoms with Crippen molar-refractivity contribution in [2.45, 2.75) is 70.6 Å².